The molecule has 4 heteroatoms. The molecule has 0 spiro atoms. The monoisotopic (exact) mass is 180 g/mol. The number of carboxylic acids is 1. The van der Waals surface area contributed by atoms with Gasteiger partial charge in [0.25, 0.3) is 0 Å². The van der Waals surface area contributed by atoms with Crippen molar-refractivity contribution in [1.82, 2.24) is 4.98 Å². The lowest BCUT2D eigenvalue weighted by atomic mass is 10.1. The number of carbonyl (C=O) groups is 1. The van der Waals surface area contributed by atoms with Gasteiger partial charge in [-0.15, -0.1) is 0 Å². The highest BCUT2D eigenvalue weighted by molar-refractivity contribution is 5.88. The normalized spacial score (nSPS) is 12.5. The van der Waals surface area contributed by atoms with Gasteiger partial charge in [-0.05, 0) is 18.6 Å². The molecule has 0 saturated carbocycles. The van der Waals surface area contributed by atoms with E-state index in [4.69, 9.17) is 10.8 Å². The van der Waals surface area contributed by atoms with Gasteiger partial charge in [0.2, 0.25) is 0 Å². The van der Waals surface area contributed by atoms with E-state index in [1.807, 2.05) is 6.92 Å². The van der Waals surface area contributed by atoms with Crippen molar-refractivity contribution < 1.29 is 9.90 Å². The Bertz CT molecular complexity index is 312. The first-order valence-electron chi connectivity index (χ1n) is 4.10. The van der Waals surface area contributed by atoms with Gasteiger partial charge in [0, 0.05) is 12.2 Å². The third kappa shape index (κ3) is 2.03. The molecule has 1 atom stereocenters. The molecular formula is C9H12N2O2. The van der Waals surface area contributed by atoms with Crippen LogP contribution in [0.2, 0.25) is 0 Å². The molecule has 1 aromatic heterocycles. The highest BCUT2D eigenvalue weighted by Gasteiger charge is 2.14. The molecule has 0 aliphatic heterocycles. The van der Waals surface area contributed by atoms with Crippen LogP contribution in [-0.2, 0) is 0 Å². The number of nitrogens with two attached hydrogens (primary N) is 1. The minimum absolute atomic E-state index is 0.192. The summed E-state index contributed by atoms with van der Waals surface area (Å²) >= 11 is 0. The molecule has 0 aromatic carbocycles. The molecule has 0 aliphatic carbocycles. The zero-order valence-electron chi connectivity index (χ0n) is 7.40. The van der Waals surface area contributed by atoms with Gasteiger partial charge in [0.05, 0.1) is 11.3 Å². The van der Waals surface area contributed by atoms with E-state index in [2.05, 4.69) is 4.98 Å². The van der Waals surface area contributed by atoms with Crippen LogP contribution in [0, 0.1) is 0 Å². The fourth-order valence-electron chi connectivity index (χ4n) is 1.09. The molecule has 0 saturated heterocycles. The van der Waals surface area contributed by atoms with Crippen molar-refractivity contribution in [3.8, 4) is 0 Å². The van der Waals surface area contributed by atoms with Crippen molar-refractivity contribution in [2.75, 3.05) is 0 Å². The molecule has 0 bridgehead atoms. The van der Waals surface area contributed by atoms with Crippen LogP contribution in [0.5, 0.6) is 0 Å². The molecule has 4 nitrogen and oxygen atoms in total. The molecule has 0 radical (unpaired) electrons. The van der Waals surface area contributed by atoms with E-state index in [0.717, 1.165) is 0 Å². The molecule has 13 heavy (non-hydrogen) atoms. The number of carboxylic acid groups (broad SMARTS) is 1. The molecule has 1 aromatic rings. The number of aromatic carboxylic acids is 1. The summed E-state index contributed by atoms with van der Waals surface area (Å²) < 4.78 is 0. The quantitative estimate of drug-likeness (QED) is 0.732. The minimum Gasteiger partial charge on any atom is -0.478 e. The van der Waals surface area contributed by atoms with Gasteiger partial charge in [-0.2, -0.15) is 0 Å². The van der Waals surface area contributed by atoms with Crippen LogP contribution in [0.15, 0.2) is 18.3 Å². The summed E-state index contributed by atoms with van der Waals surface area (Å²) in [6.45, 7) is 1.89. The van der Waals surface area contributed by atoms with Gasteiger partial charge in [-0.1, -0.05) is 6.92 Å². The lowest BCUT2D eigenvalue weighted by Gasteiger charge is -2.10. The maximum absolute atomic E-state index is 10.7. The van der Waals surface area contributed by atoms with Gasteiger partial charge >= 0.3 is 5.97 Å². The Morgan fingerprint density at radius 1 is 1.77 bits per heavy atom. The Hall–Kier alpha value is -1.42. The second-order valence-electron chi connectivity index (χ2n) is 2.76. The summed E-state index contributed by atoms with van der Waals surface area (Å²) in [4.78, 5) is 14.7. The molecule has 1 rings (SSSR count). The highest BCUT2D eigenvalue weighted by atomic mass is 16.4. The Morgan fingerprint density at radius 3 is 3.00 bits per heavy atom. The van der Waals surface area contributed by atoms with Crippen LogP contribution in [-0.4, -0.2) is 16.1 Å². The summed E-state index contributed by atoms with van der Waals surface area (Å²) in [6.07, 6.45) is 2.23. The topological polar surface area (TPSA) is 76.2 Å². The average Bonchev–Trinajstić information content (AvgIpc) is 2.16. The fourth-order valence-corrected chi connectivity index (χ4v) is 1.09. The third-order valence-electron chi connectivity index (χ3n) is 1.86. The summed E-state index contributed by atoms with van der Waals surface area (Å²) in [6, 6.07) is 2.81. The molecular weight excluding hydrogens is 168 g/mol. The maximum Gasteiger partial charge on any atom is 0.337 e. The zero-order valence-corrected chi connectivity index (χ0v) is 7.40. The number of hydrogen-bond acceptors (Lipinski definition) is 3. The maximum atomic E-state index is 10.7. The van der Waals surface area contributed by atoms with Crippen molar-refractivity contribution in [2.24, 2.45) is 5.73 Å². The molecule has 0 unspecified atom stereocenters. The van der Waals surface area contributed by atoms with Crippen molar-refractivity contribution in [3.05, 3.63) is 29.6 Å². The van der Waals surface area contributed by atoms with E-state index in [-0.39, 0.29) is 11.6 Å². The fraction of sp³-hybridized carbons (Fsp3) is 0.333. The molecule has 0 fully saturated rings. The standard InChI is InChI=1S/C9H12N2O2/c1-2-7(10)8-6(9(12)13)4-3-5-11-8/h3-5,7H,2,10H2,1H3,(H,12,13)/t7-/m0/s1. The van der Waals surface area contributed by atoms with Crippen LogP contribution >= 0.6 is 0 Å². The van der Waals surface area contributed by atoms with Crippen molar-refractivity contribution in [2.45, 2.75) is 19.4 Å². The average molecular weight is 180 g/mol. The highest BCUT2D eigenvalue weighted by Crippen LogP contribution is 2.15. The van der Waals surface area contributed by atoms with E-state index in [0.29, 0.717) is 12.1 Å². The summed E-state index contributed by atoms with van der Waals surface area (Å²) in [5.41, 5.74) is 6.35. The van der Waals surface area contributed by atoms with Crippen molar-refractivity contribution >= 4 is 5.97 Å². The first kappa shape index (κ1) is 9.67. The number of rotatable bonds is 3. The molecule has 70 valence electrons. The molecule has 1 heterocycles. The van der Waals surface area contributed by atoms with E-state index in [1.165, 1.54) is 6.07 Å². The number of pyridine rings is 1. The first-order chi connectivity index (χ1) is 6.16. The Kier molecular flexibility index (Phi) is 2.97. The second kappa shape index (κ2) is 4.00. The lowest BCUT2D eigenvalue weighted by molar-refractivity contribution is 0.0694. The van der Waals surface area contributed by atoms with E-state index >= 15 is 0 Å². The van der Waals surface area contributed by atoms with Gasteiger partial charge < -0.3 is 10.8 Å². The Labute approximate surface area is 76.4 Å². The van der Waals surface area contributed by atoms with Crippen molar-refractivity contribution in [1.29, 1.82) is 0 Å². The lowest BCUT2D eigenvalue weighted by Crippen LogP contribution is -2.15. The largest absolute Gasteiger partial charge is 0.478 e. The Morgan fingerprint density at radius 2 is 2.46 bits per heavy atom. The first-order valence-corrected chi connectivity index (χ1v) is 4.10. The number of aromatic nitrogens is 1. The molecule has 0 aliphatic rings. The minimum atomic E-state index is -0.980. The number of nitrogens with zero attached hydrogens (tertiary/aromatic N) is 1. The van der Waals surface area contributed by atoms with E-state index in [1.54, 1.807) is 12.3 Å². The SMILES string of the molecule is CC[C@H](N)c1ncccc1C(=O)O. The molecule has 3 N–H and O–H groups in total. The predicted molar refractivity (Wildman–Crippen MR) is 48.4 cm³/mol. The second-order valence-corrected chi connectivity index (χ2v) is 2.76. The summed E-state index contributed by atoms with van der Waals surface area (Å²) in [7, 11) is 0. The predicted octanol–water partition coefficient (Wildman–Crippen LogP) is 1.19. The van der Waals surface area contributed by atoms with Crippen LogP contribution in [0.3, 0.4) is 0 Å². The van der Waals surface area contributed by atoms with Gasteiger partial charge in [0.15, 0.2) is 0 Å². The number of hydrogen-bond donors (Lipinski definition) is 2. The van der Waals surface area contributed by atoms with Gasteiger partial charge in [-0.3, -0.25) is 4.98 Å². The zero-order chi connectivity index (χ0) is 9.84. The van der Waals surface area contributed by atoms with Crippen LogP contribution in [0.25, 0.3) is 0 Å². The van der Waals surface area contributed by atoms with Gasteiger partial charge in [0.1, 0.15) is 0 Å². The summed E-state index contributed by atoms with van der Waals surface area (Å²) in [5, 5.41) is 8.81. The van der Waals surface area contributed by atoms with Crippen LogP contribution in [0.4, 0.5) is 0 Å². The third-order valence-corrected chi connectivity index (χ3v) is 1.86. The van der Waals surface area contributed by atoms with Crippen LogP contribution < -0.4 is 5.73 Å². The van der Waals surface area contributed by atoms with E-state index < -0.39 is 5.97 Å². The van der Waals surface area contributed by atoms with E-state index in [9.17, 15) is 4.79 Å². The smallest absolute Gasteiger partial charge is 0.337 e. The Balaban J connectivity index is 3.11. The van der Waals surface area contributed by atoms with Crippen molar-refractivity contribution in [3.63, 3.8) is 0 Å². The summed E-state index contributed by atoms with van der Waals surface area (Å²) in [5.74, 6) is -0.980. The molecule has 0 amide bonds. The van der Waals surface area contributed by atoms with Crippen LogP contribution in [0.1, 0.15) is 35.4 Å². The van der Waals surface area contributed by atoms with Gasteiger partial charge in [-0.25, -0.2) is 4.79 Å².